The minimum atomic E-state index is -4.42. The molecule has 0 fully saturated rings. The van der Waals surface area contributed by atoms with Crippen molar-refractivity contribution in [2.75, 3.05) is 12.4 Å². The number of carbonyl (C=O) groups excluding carboxylic acids is 2. The SMILES string of the molecule is CC(=O)[C@H](CS(=O)(=O)O)NC(=O)OCC1c2ccccc2-c2ccccc21. The van der Waals surface area contributed by atoms with Crippen molar-refractivity contribution in [1.29, 1.82) is 0 Å². The number of alkyl carbamates (subject to hydrolysis) is 1. The molecule has 1 amide bonds. The maximum atomic E-state index is 12.1. The van der Waals surface area contributed by atoms with Crippen molar-refractivity contribution in [3.05, 3.63) is 59.7 Å². The van der Waals surface area contributed by atoms with Crippen LogP contribution in [0.15, 0.2) is 48.5 Å². The molecule has 0 aliphatic heterocycles. The van der Waals surface area contributed by atoms with Crippen LogP contribution in [0.3, 0.4) is 0 Å². The van der Waals surface area contributed by atoms with Gasteiger partial charge in [-0.2, -0.15) is 8.42 Å². The average molecular weight is 389 g/mol. The molecule has 2 N–H and O–H groups in total. The Labute approximate surface area is 157 Å². The van der Waals surface area contributed by atoms with Gasteiger partial charge < -0.3 is 10.1 Å². The van der Waals surface area contributed by atoms with E-state index in [2.05, 4.69) is 5.32 Å². The van der Waals surface area contributed by atoms with Crippen LogP contribution >= 0.6 is 0 Å². The second-order valence-electron chi connectivity index (χ2n) is 6.38. The molecule has 1 aliphatic rings. The first-order valence-electron chi connectivity index (χ1n) is 8.33. The molecule has 0 saturated heterocycles. The van der Waals surface area contributed by atoms with Crippen molar-refractivity contribution in [1.82, 2.24) is 5.32 Å². The molecule has 0 radical (unpaired) electrons. The number of nitrogens with one attached hydrogen (secondary N) is 1. The fourth-order valence-corrected chi connectivity index (χ4v) is 3.99. The lowest BCUT2D eigenvalue weighted by Gasteiger charge is -2.17. The van der Waals surface area contributed by atoms with Crippen LogP contribution in [0.2, 0.25) is 0 Å². The highest BCUT2D eigenvalue weighted by atomic mass is 32.2. The van der Waals surface area contributed by atoms with Crippen LogP contribution in [0.4, 0.5) is 4.79 Å². The van der Waals surface area contributed by atoms with Gasteiger partial charge in [-0.15, -0.1) is 0 Å². The van der Waals surface area contributed by atoms with Gasteiger partial charge in [-0.25, -0.2) is 4.79 Å². The van der Waals surface area contributed by atoms with Crippen LogP contribution in [0.5, 0.6) is 0 Å². The maximum absolute atomic E-state index is 12.1. The van der Waals surface area contributed by atoms with Crippen LogP contribution in [0.1, 0.15) is 24.0 Å². The van der Waals surface area contributed by atoms with E-state index in [4.69, 9.17) is 9.29 Å². The first-order chi connectivity index (χ1) is 12.8. The van der Waals surface area contributed by atoms with Gasteiger partial charge in [-0.3, -0.25) is 9.35 Å². The zero-order valence-corrected chi connectivity index (χ0v) is 15.4. The minimum Gasteiger partial charge on any atom is -0.449 e. The summed E-state index contributed by atoms with van der Waals surface area (Å²) >= 11 is 0. The van der Waals surface area contributed by atoms with Crippen LogP contribution in [-0.4, -0.2) is 43.2 Å². The summed E-state index contributed by atoms with van der Waals surface area (Å²) in [7, 11) is -4.42. The molecule has 0 aromatic heterocycles. The Balaban J connectivity index is 1.71. The lowest BCUT2D eigenvalue weighted by atomic mass is 9.98. The molecule has 7 nitrogen and oxygen atoms in total. The molecule has 0 spiro atoms. The number of Topliss-reactive ketones (excluding diaryl/α,β-unsaturated/α-hetero) is 1. The molecule has 0 heterocycles. The number of hydrogen-bond acceptors (Lipinski definition) is 5. The van der Waals surface area contributed by atoms with Crippen molar-refractivity contribution in [3.8, 4) is 11.1 Å². The van der Waals surface area contributed by atoms with Crippen LogP contribution in [-0.2, 0) is 19.6 Å². The van der Waals surface area contributed by atoms with Crippen molar-refractivity contribution < 1.29 is 27.3 Å². The Kier molecular flexibility index (Phi) is 5.29. The Hall–Kier alpha value is -2.71. The van der Waals surface area contributed by atoms with Crippen LogP contribution in [0.25, 0.3) is 11.1 Å². The monoisotopic (exact) mass is 389 g/mol. The van der Waals surface area contributed by atoms with Gasteiger partial charge in [0.2, 0.25) is 0 Å². The van der Waals surface area contributed by atoms with E-state index in [1.54, 1.807) is 0 Å². The molecule has 0 bridgehead atoms. The molecular formula is C19H19NO6S. The normalized spacial score (nSPS) is 14.1. The molecule has 142 valence electrons. The zero-order chi connectivity index (χ0) is 19.6. The lowest BCUT2D eigenvalue weighted by molar-refractivity contribution is -0.118. The van der Waals surface area contributed by atoms with E-state index in [-0.39, 0.29) is 12.5 Å². The summed E-state index contributed by atoms with van der Waals surface area (Å²) in [6.45, 7) is 1.16. The average Bonchev–Trinajstić information content (AvgIpc) is 2.92. The van der Waals surface area contributed by atoms with Crippen molar-refractivity contribution in [2.24, 2.45) is 0 Å². The van der Waals surface area contributed by atoms with Gasteiger partial charge in [0, 0.05) is 5.92 Å². The van der Waals surface area contributed by atoms with E-state index in [1.165, 1.54) is 0 Å². The van der Waals surface area contributed by atoms with Gasteiger partial charge in [0.1, 0.15) is 18.4 Å². The Morgan fingerprint density at radius 3 is 2.07 bits per heavy atom. The second-order valence-corrected chi connectivity index (χ2v) is 7.88. The fourth-order valence-electron chi connectivity index (χ4n) is 3.25. The highest BCUT2D eigenvalue weighted by molar-refractivity contribution is 7.85. The van der Waals surface area contributed by atoms with Crippen molar-refractivity contribution in [3.63, 3.8) is 0 Å². The van der Waals surface area contributed by atoms with Gasteiger partial charge in [0.25, 0.3) is 10.1 Å². The molecule has 2 aromatic rings. The van der Waals surface area contributed by atoms with E-state index in [9.17, 15) is 18.0 Å². The molecule has 2 aromatic carbocycles. The van der Waals surface area contributed by atoms with Crippen LogP contribution in [0, 0.1) is 0 Å². The summed E-state index contributed by atoms with van der Waals surface area (Å²) in [6.07, 6.45) is -0.916. The zero-order valence-electron chi connectivity index (χ0n) is 14.6. The molecular weight excluding hydrogens is 370 g/mol. The topological polar surface area (TPSA) is 110 Å². The highest BCUT2D eigenvalue weighted by Gasteiger charge is 2.30. The number of ether oxygens (including phenoxy) is 1. The Bertz CT molecular complexity index is 940. The molecule has 1 atom stereocenters. The molecule has 27 heavy (non-hydrogen) atoms. The largest absolute Gasteiger partial charge is 0.449 e. The molecule has 1 aliphatic carbocycles. The number of rotatable bonds is 6. The van der Waals surface area contributed by atoms with Gasteiger partial charge in [0.15, 0.2) is 5.78 Å². The number of hydrogen-bond donors (Lipinski definition) is 2. The second kappa shape index (κ2) is 7.50. The summed E-state index contributed by atoms with van der Waals surface area (Å²) < 4.78 is 36.1. The third-order valence-electron chi connectivity index (χ3n) is 4.50. The first kappa shape index (κ1) is 19.1. The summed E-state index contributed by atoms with van der Waals surface area (Å²) in [5, 5.41) is 2.20. The Morgan fingerprint density at radius 1 is 1.07 bits per heavy atom. The minimum absolute atomic E-state index is 0.0381. The Morgan fingerprint density at radius 2 is 1.59 bits per heavy atom. The van der Waals surface area contributed by atoms with E-state index in [0.717, 1.165) is 29.2 Å². The molecule has 8 heteroatoms. The van der Waals surface area contributed by atoms with E-state index in [0.29, 0.717) is 0 Å². The third-order valence-corrected chi connectivity index (χ3v) is 5.26. The number of ketones is 1. The van der Waals surface area contributed by atoms with E-state index < -0.39 is 33.8 Å². The van der Waals surface area contributed by atoms with Crippen LogP contribution < -0.4 is 5.32 Å². The summed E-state index contributed by atoms with van der Waals surface area (Å²) in [5.41, 5.74) is 4.23. The highest BCUT2D eigenvalue weighted by Crippen LogP contribution is 2.44. The number of amides is 1. The standard InChI is InChI=1S/C19H19NO6S/c1-12(21)18(11-27(23,24)25)20-19(22)26-10-17-15-8-4-2-6-13(15)14-7-3-5-9-16(14)17/h2-9,17-18H,10-11H2,1H3,(H,20,22)(H,23,24,25)/t18-/m0/s1. The number of benzene rings is 2. The maximum Gasteiger partial charge on any atom is 0.407 e. The third kappa shape index (κ3) is 4.35. The van der Waals surface area contributed by atoms with Gasteiger partial charge in [-0.1, -0.05) is 48.5 Å². The van der Waals surface area contributed by atoms with Crippen molar-refractivity contribution in [2.45, 2.75) is 18.9 Å². The van der Waals surface area contributed by atoms with Gasteiger partial charge >= 0.3 is 6.09 Å². The predicted molar refractivity (Wildman–Crippen MR) is 99.1 cm³/mol. The van der Waals surface area contributed by atoms with Gasteiger partial charge in [-0.05, 0) is 29.2 Å². The first-order valence-corrected chi connectivity index (χ1v) is 9.94. The molecule has 3 rings (SSSR count). The summed E-state index contributed by atoms with van der Waals surface area (Å²) in [5.74, 6) is -1.64. The predicted octanol–water partition coefficient (Wildman–Crippen LogP) is 2.37. The summed E-state index contributed by atoms with van der Waals surface area (Å²) in [4.78, 5) is 23.6. The number of carbonyl (C=O) groups is 2. The van der Waals surface area contributed by atoms with Gasteiger partial charge in [0.05, 0.1) is 0 Å². The summed E-state index contributed by atoms with van der Waals surface area (Å²) in [6, 6.07) is 14.3. The van der Waals surface area contributed by atoms with Crippen molar-refractivity contribution >= 4 is 22.0 Å². The molecule has 0 saturated carbocycles. The smallest absolute Gasteiger partial charge is 0.407 e. The quantitative estimate of drug-likeness (QED) is 0.734. The molecule has 0 unspecified atom stereocenters. The van der Waals surface area contributed by atoms with E-state index in [1.807, 2.05) is 48.5 Å². The lowest BCUT2D eigenvalue weighted by Crippen LogP contribution is -2.44. The number of fused-ring (bicyclic) bond motifs is 3. The fraction of sp³-hybridized carbons (Fsp3) is 0.263. The van der Waals surface area contributed by atoms with E-state index >= 15 is 0 Å².